The van der Waals surface area contributed by atoms with Gasteiger partial charge in [-0.3, -0.25) is 4.68 Å². The van der Waals surface area contributed by atoms with Crippen LogP contribution in [0.1, 0.15) is 38.0 Å². The molecule has 1 rings (SSSR count). The minimum Gasteiger partial charge on any atom is -0.385 e. The summed E-state index contributed by atoms with van der Waals surface area (Å²) in [4.78, 5) is 4.47. The van der Waals surface area contributed by atoms with Gasteiger partial charge in [0.1, 0.15) is 5.82 Å². The number of aryl methyl sites for hydroxylation is 1. The van der Waals surface area contributed by atoms with Gasteiger partial charge in [0.25, 0.3) is 0 Å². The Kier molecular flexibility index (Phi) is 4.89. The molecule has 16 heavy (non-hydrogen) atoms. The number of methoxy groups -OCH3 is 1. The summed E-state index contributed by atoms with van der Waals surface area (Å²) in [5, 5.41) is 4.36. The van der Waals surface area contributed by atoms with Crippen molar-refractivity contribution in [3.8, 4) is 0 Å². The van der Waals surface area contributed by atoms with Crippen molar-refractivity contribution in [3.05, 3.63) is 11.6 Å². The zero-order valence-electron chi connectivity index (χ0n) is 10.6. The Morgan fingerprint density at radius 1 is 1.44 bits per heavy atom. The van der Waals surface area contributed by atoms with Crippen LogP contribution >= 0.6 is 0 Å². The molecule has 0 aromatic carbocycles. The maximum absolute atomic E-state index is 6.02. The van der Waals surface area contributed by atoms with Crippen LogP contribution in [0.2, 0.25) is 0 Å². The first-order valence-electron chi connectivity index (χ1n) is 5.69. The van der Waals surface area contributed by atoms with E-state index in [2.05, 4.69) is 23.9 Å². The molecule has 2 N–H and O–H groups in total. The van der Waals surface area contributed by atoms with E-state index < -0.39 is 0 Å². The largest absolute Gasteiger partial charge is 0.385 e. The summed E-state index contributed by atoms with van der Waals surface area (Å²) in [6.07, 6.45) is 1.66. The molecule has 92 valence electrons. The zero-order chi connectivity index (χ0) is 12.1. The Morgan fingerprint density at radius 2 is 2.12 bits per heavy atom. The normalized spacial score (nSPS) is 13.4. The van der Waals surface area contributed by atoms with Crippen LogP contribution in [-0.4, -0.2) is 28.5 Å². The Hall–Kier alpha value is -0.940. The van der Waals surface area contributed by atoms with E-state index in [1.807, 2.05) is 7.05 Å². The van der Waals surface area contributed by atoms with E-state index in [4.69, 9.17) is 10.5 Å². The molecule has 1 atom stereocenters. The van der Waals surface area contributed by atoms with Gasteiger partial charge in [0.05, 0.1) is 6.04 Å². The molecule has 0 aliphatic rings. The Labute approximate surface area is 97.0 Å². The average Bonchev–Trinajstić information content (AvgIpc) is 2.54. The fourth-order valence-corrected chi connectivity index (χ4v) is 1.60. The summed E-state index contributed by atoms with van der Waals surface area (Å²) in [6.45, 7) is 4.95. The third-order valence-corrected chi connectivity index (χ3v) is 2.40. The van der Waals surface area contributed by atoms with Gasteiger partial charge in [-0.05, 0) is 12.3 Å². The second-order valence-corrected chi connectivity index (χ2v) is 4.50. The van der Waals surface area contributed by atoms with Crippen molar-refractivity contribution in [2.45, 2.75) is 32.7 Å². The van der Waals surface area contributed by atoms with Crippen LogP contribution in [-0.2, 0) is 18.2 Å². The molecule has 1 unspecified atom stereocenters. The van der Waals surface area contributed by atoms with Crippen molar-refractivity contribution < 1.29 is 4.74 Å². The highest BCUT2D eigenvalue weighted by molar-refractivity contribution is 4.98. The van der Waals surface area contributed by atoms with Crippen molar-refractivity contribution in [3.63, 3.8) is 0 Å². The molecular formula is C11H22N4O. The van der Waals surface area contributed by atoms with Gasteiger partial charge < -0.3 is 10.5 Å². The second kappa shape index (κ2) is 5.96. The quantitative estimate of drug-likeness (QED) is 0.787. The minimum atomic E-state index is -0.0987. The van der Waals surface area contributed by atoms with Crippen LogP contribution in [0, 0.1) is 5.92 Å². The second-order valence-electron chi connectivity index (χ2n) is 4.50. The Balaban J connectivity index is 2.68. The molecule has 5 heteroatoms. The van der Waals surface area contributed by atoms with Crippen LogP contribution in [0.5, 0.6) is 0 Å². The standard InChI is InChI=1S/C11H22N4O/c1-8(2)7-10-13-11(15(3)14-10)9(12)5-6-16-4/h8-9H,5-7,12H2,1-4H3. The molecular weight excluding hydrogens is 204 g/mol. The van der Waals surface area contributed by atoms with Crippen molar-refractivity contribution in [2.75, 3.05) is 13.7 Å². The summed E-state index contributed by atoms with van der Waals surface area (Å²) in [5.74, 6) is 2.28. The molecule has 0 bridgehead atoms. The molecule has 0 aliphatic heterocycles. The van der Waals surface area contributed by atoms with E-state index in [0.29, 0.717) is 12.5 Å². The molecule has 1 aromatic heterocycles. The monoisotopic (exact) mass is 226 g/mol. The van der Waals surface area contributed by atoms with E-state index in [0.717, 1.165) is 24.5 Å². The lowest BCUT2D eigenvalue weighted by atomic mass is 10.1. The number of hydrogen-bond acceptors (Lipinski definition) is 4. The van der Waals surface area contributed by atoms with Gasteiger partial charge in [0.2, 0.25) is 0 Å². The first-order chi connectivity index (χ1) is 7.54. The van der Waals surface area contributed by atoms with Crippen molar-refractivity contribution >= 4 is 0 Å². The SMILES string of the molecule is COCCC(N)c1nc(CC(C)C)nn1C. The summed E-state index contributed by atoms with van der Waals surface area (Å²) in [6, 6.07) is -0.0987. The van der Waals surface area contributed by atoms with Gasteiger partial charge in [-0.25, -0.2) is 4.98 Å². The fraction of sp³-hybridized carbons (Fsp3) is 0.818. The number of rotatable bonds is 6. The zero-order valence-corrected chi connectivity index (χ0v) is 10.6. The van der Waals surface area contributed by atoms with Gasteiger partial charge in [-0.1, -0.05) is 13.8 Å². The van der Waals surface area contributed by atoms with Gasteiger partial charge in [-0.15, -0.1) is 0 Å². The van der Waals surface area contributed by atoms with Crippen LogP contribution in [0.25, 0.3) is 0 Å². The van der Waals surface area contributed by atoms with E-state index in [1.54, 1.807) is 11.8 Å². The van der Waals surface area contributed by atoms with E-state index in [1.165, 1.54) is 0 Å². The summed E-state index contributed by atoms with van der Waals surface area (Å²) in [7, 11) is 3.56. The molecule has 0 saturated carbocycles. The highest BCUT2D eigenvalue weighted by atomic mass is 16.5. The van der Waals surface area contributed by atoms with Crippen molar-refractivity contribution in [1.82, 2.24) is 14.8 Å². The maximum Gasteiger partial charge on any atom is 0.151 e. The lowest BCUT2D eigenvalue weighted by Crippen LogP contribution is -2.17. The molecule has 0 saturated heterocycles. The molecule has 0 fully saturated rings. The first-order valence-corrected chi connectivity index (χ1v) is 5.69. The van der Waals surface area contributed by atoms with Crippen molar-refractivity contribution in [2.24, 2.45) is 18.7 Å². The summed E-state index contributed by atoms with van der Waals surface area (Å²) >= 11 is 0. The highest BCUT2D eigenvalue weighted by Crippen LogP contribution is 2.12. The smallest absolute Gasteiger partial charge is 0.151 e. The van der Waals surface area contributed by atoms with Gasteiger partial charge in [0, 0.05) is 27.2 Å². The number of aromatic nitrogens is 3. The van der Waals surface area contributed by atoms with Crippen LogP contribution in [0.15, 0.2) is 0 Å². The van der Waals surface area contributed by atoms with Gasteiger partial charge >= 0.3 is 0 Å². The lowest BCUT2D eigenvalue weighted by Gasteiger charge is -2.08. The molecule has 5 nitrogen and oxygen atoms in total. The topological polar surface area (TPSA) is 66.0 Å². The van der Waals surface area contributed by atoms with Gasteiger partial charge in [0.15, 0.2) is 5.82 Å². The van der Waals surface area contributed by atoms with Crippen LogP contribution in [0.3, 0.4) is 0 Å². The van der Waals surface area contributed by atoms with E-state index in [9.17, 15) is 0 Å². The third kappa shape index (κ3) is 3.57. The van der Waals surface area contributed by atoms with E-state index in [-0.39, 0.29) is 6.04 Å². The first kappa shape index (κ1) is 13.1. The molecule has 0 amide bonds. The number of hydrogen-bond donors (Lipinski definition) is 1. The number of ether oxygens (including phenoxy) is 1. The summed E-state index contributed by atoms with van der Waals surface area (Å²) in [5.41, 5.74) is 6.02. The highest BCUT2D eigenvalue weighted by Gasteiger charge is 2.15. The predicted octanol–water partition coefficient (Wildman–Crippen LogP) is 1.05. The van der Waals surface area contributed by atoms with Crippen LogP contribution in [0.4, 0.5) is 0 Å². The van der Waals surface area contributed by atoms with Gasteiger partial charge in [-0.2, -0.15) is 5.10 Å². The van der Waals surface area contributed by atoms with Crippen LogP contribution < -0.4 is 5.73 Å². The maximum atomic E-state index is 6.02. The summed E-state index contributed by atoms with van der Waals surface area (Å²) < 4.78 is 6.78. The number of nitrogens with zero attached hydrogens (tertiary/aromatic N) is 3. The third-order valence-electron chi connectivity index (χ3n) is 2.40. The fourth-order valence-electron chi connectivity index (χ4n) is 1.60. The molecule has 0 aliphatic carbocycles. The molecule has 0 radical (unpaired) electrons. The Morgan fingerprint density at radius 3 is 2.69 bits per heavy atom. The molecule has 1 aromatic rings. The average molecular weight is 226 g/mol. The molecule has 0 spiro atoms. The van der Waals surface area contributed by atoms with Crippen molar-refractivity contribution in [1.29, 1.82) is 0 Å². The van der Waals surface area contributed by atoms with E-state index >= 15 is 0 Å². The Bertz CT molecular complexity index is 322. The predicted molar refractivity (Wildman–Crippen MR) is 63.0 cm³/mol. The molecule has 1 heterocycles. The minimum absolute atomic E-state index is 0.0987. The lowest BCUT2D eigenvalue weighted by molar-refractivity contribution is 0.186. The number of nitrogens with two attached hydrogens (primary N) is 1.